The van der Waals surface area contributed by atoms with E-state index in [1.165, 1.54) is 29.5 Å². The Labute approximate surface area is 255 Å². The van der Waals surface area contributed by atoms with Crippen LogP contribution < -0.4 is 10.1 Å². The summed E-state index contributed by atoms with van der Waals surface area (Å²) in [4.78, 5) is 16.0. The predicted octanol–water partition coefficient (Wildman–Crippen LogP) is 6.80. The molecule has 1 atom stereocenters. The van der Waals surface area contributed by atoms with E-state index < -0.39 is 0 Å². The van der Waals surface area contributed by atoms with Gasteiger partial charge in [-0.2, -0.15) is 0 Å². The molecule has 216 valence electrons. The number of amides is 1. The fourth-order valence-electron chi connectivity index (χ4n) is 6.18. The van der Waals surface area contributed by atoms with Crippen molar-refractivity contribution in [3.05, 3.63) is 104 Å². The van der Waals surface area contributed by atoms with Crippen LogP contribution in [0.25, 0.3) is 5.69 Å². The van der Waals surface area contributed by atoms with E-state index in [0.29, 0.717) is 28.9 Å². The molecular formula is C33H33Cl2N5O2. The first-order valence-corrected chi connectivity index (χ1v) is 15.2. The lowest BCUT2D eigenvalue weighted by atomic mass is 9.92. The van der Waals surface area contributed by atoms with Crippen LogP contribution >= 0.6 is 23.2 Å². The summed E-state index contributed by atoms with van der Waals surface area (Å²) in [6, 6.07) is 17.8. The van der Waals surface area contributed by atoms with Gasteiger partial charge in [0.25, 0.3) is 0 Å². The maximum atomic E-state index is 11.3. The van der Waals surface area contributed by atoms with Crippen LogP contribution in [0, 0.1) is 6.92 Å². The van der Waals surface area contributed by atoms with Crippen LogP contribution in [-0.2, 0) is 24.2 Å². The summed E-state index contributed by atoms with van der Waals surface area (Å²) in [5.74, 6) is 3.46. The molecule has 0 fully saturated rings. The highest BCUT2D eigenvalue weighted by molar-refractivity contribution is 6.36. The first kappa shape index (κ1) is 28.4. The van der Waals surface area contributed by atoms with E-state index in [4.69, 9.17) is 32.9 Å². The summed E-state index contributed by atoms with van der Waals surface area (Å²) < 4.78 is 7.68. The number of ether oxygens (including phenoxy) is 1. The molecule has 7 nitrogen and oxygen atoms in total. The molecule has 0 saturated heterocycles. The predicted molar refractivity (Wildman–Crippen MR) is 167 cm³/mol. The summed E-state index contributed by atoms with van der Waals surface area (Å²) >= 11 is 12.6. The standard InChI is InChI=1S/C17H12Cl2N4.C16H21NO2/c1-10-21-22-16-9-20-17(12-4-2-3-5-14(12)19)13-8-11(18)6-7-15(13)23(10)16;1-2-15(18)17-9-7-12-4-3-11-5-6-14-13(16(11)12)8-10-19-14/h2-8H,9H2,1H3;5-6,12H,2-4,7-10H2,1H3,(H,17,18)/t;12-/m.0/s1. The molecule has 7 rings (SSSR count). The Morgan fingerprint density at radius 2 is 1.93 bits per heavy atom. The van der Waals surface area contributed by atoms with Crippen molar-refractivity contribution in [2.45, 2.75) is 58.4 Å². The lowest BCUT2D eigenvalue weighted by Crippen LogP contribution is -2.24. The number of aryl methyl sites for hydroxylation is 2. The largest absolute Gasteiger partial charge is 0.493 e. The number of benzene rings is 3. The van der Waals surface area contributed by atoms with Gasteiger partial charge in [0.1, 0.15) is 18.1 Å². The third-order valence-corrected chi connectivity index (χ3v) is 8.74. The Balaban J connectivity index is 0.000000153. The van der Waals surface area contributed by atoms with Gasteiger partial charge in [-0.15, -0.1) is 10.2 Å². The number of nitrogens with one attached hydrogen (secondary N) is 1. The molecule has 0 spiro atoms. The quantitative estimate of drug-likeness (QED) is 0.273. The van der Waals surface area contributed by atoms with Crippen molar-refractivity contribution in [2.75, 3.05) is 13.2 Å². The van der Waals surface area contributed by atoms with Crippen molar-refractivity contribution >= 4 is 34.8 Å². The first-order chi connectivity index (χ1) is 20.4. The Morgan fingerprint density at radius 1 is 1.07 bits per heavy atom. The van der Waals surface area contributed by atoms with Crippen LogP contribution in [-0.4, -0.2) is 39.5 Å². The van der Waals surface area contributed by atoms with Gasteiger partial charge in [0.2, 0.25) is 5.91 Å². The van der Waals surface area contributed by atoms with Crippen molar-refractivity contribution in [3.8, 4) is 11.4 Å². The zero-order chi connectivity index (χ0) is 29.2. The maximum Gasteiger partial charge on any atom is 0.219 e. The molecule has 4 aromatic rings. The minimum atomic E-state index is 0.153. The van der Waals surface area contributed by atoms with Crippen LogP contribution in [0.2, 0.25) is 10.0 Å². The van der Waals surface area contributed by atoms with Crippen LogP contribution in [0.5, 0.6) is 5.75 Å². The van der Waals surface area contributed by atoms with E-state index >= 15 is 0 Å². The molecule has 0 bridgehead atoms. The monoisotopic (exact) mass is 601 g/mol. The number of rotatable bonds is 5. The summed E-state index contributed by atoms with van der Waals surface area (Å²) in [5, 5.41) is 12.7. The molecule has 3 heterocycles. The van der Waals surface area contributed by atoms with Gasteiger partial charge in [0.05, 0.1) is 18.0 Å². The molecule has 0 unspecified atom stereocenters. The number of aromatic nitrogens is 3. The Bertz CT molecular complexity index is 1680. The SMILES string of the molecule is CCC(=O)NCC[C@@H]1CCc2ccc3c(c21)CCO3.Cc1nnc2n1-c1ccc(Cl)cc1C(c1ccccc1Cl)=NC2. The fraction of sp³-hybridized carbons (Fsp3) is 0.333. The summed E-state index contributed by atoms with van der Waals surface area (Å²) in [7, 11) is 0. The molecule has 1 aliphatic carbocycles. The van der Waals surface area contributed by atoms with Crippen molar-refractivity contribution < 1.29 is 9.53 Å². The minimum Gasteiger partial charge on any atom is -0.493 e. The average Bonchev–Trinajstić information content (AvgIpc) is 3.70. The van der Waals surface area contributed by atoms with Crippen molar-refractivity contribution in [3.63, 3.8) is 0 Å². The lowest BCUT2D eigenvalue weighted by Gasteiger charge is -2.15. The average molecular weight is 603 g/mol. The van der Waals surface area contributed by atoms with E-state index in [-0.39, 0.29) is 5.91 Å². The van der Waals surface area contributed by atoms with E-state index in [1.807, 2.05) is 60.9 Å². The summed E-state index contributed by atoms with van der Waals surface area (Å²) in [6.07, 6.45) is 5.07. The summed E-state index contributed by atoms with van der Waals surface area (Å²) in [5.41, 5.74) is 8.04. The molecule has 2 aliphatic heterocycles. The van der Waals surface area contributed by atoms with Crippen molar-refractivity contribution in [2.24, 2.45) is 4.99 Å². The molecule has 9 heteroatoms. The number of aliphatic imine (C=N–C) groups is 1. The number of nitrogens with zero attached hydrogens (tertiary/aromatic N) is 4. The third kappa shape index (κ3) is 5.55. The van der Waals surface area contributed by atoms with E-state index in [1.54, 1.807) is 0 Å². The van der Waals surface area contributed by atoms with Crippen molar-refractivity contribution in [1.82, 2.24) is 20.1 Å². The van der Waals surface area contributed by atoms with Gasteiger partial charge in [0.15, 0.2) is 5.82 Å². The molecular weight excluding hydrogens is 569 g/mol. The van der Waals surface area contributed by atoms with Gasteiger partial charge >= 0.3 is 0 Å². The van der Waals surface area contributed by atoms with Crippen LogP contribution in [0.4, 0.5) is 0 Å². The second-order valence-corrected chi connectivity index (χ2v) is 11.6. The fourth-order valence-corrected chi connectivity index (χ4v) is 6.58. The van der Waals surface area contributed by atoms with Gasteiger partial charge in [-0.3, -0.25) is 14.4 Å². The molecule has 1 N–H and O–H groups in total. The van der Waals surface area contributed by atoms with E-state index in [0.717, 1.165) is 65.9 Å². The molecule has 3 aliphatic rings. The minimum absolute atomic E-state index is 0.153. The molecule has 3 aromatic carbocycles. The van der Waals surface area contributed by atoms with Crippen LogP contribution in [0.1, 0.15) is 71.6 Å². The highest BCUT2D eigenvalue weighted by atomic mass is 35.5. The number of hydrogen-bond donors (Lipinski definition) is 1. The highest BCUT2D eigenvalue weighted by Gasteiger charge is 2.29. The first-order valence-electron chi connectivity index (χ1n) is 14.5. The second-order valence-electron chi connectivity index (χ2n) is 10.7. The van der Waals surface area contributed by atoms with Gasteiger partial charge in [-0.05, 0) is 73.6 Å². The Morgan fingerprint density at radius 3 is 2.76 bits per heavy atom. The smallest absolute Gasteiger partial charge is 0.219 e. The molecule has 1 aromatic heterocycles. The van der Waals surface area contributed by atoms with E-state index in [2.05, 4.69) is 27.6 Å². The van der Waals surface area contributed by atoms with Crippen molar-refractivity contribution in [1.29, 1.82) is 0 Å². The molecule has 42 heavy (non-hydrogen) atoms. The number of fused-ring (bicyclic) bond motifs is 6. The highest BCUT2D eigenvalue weighted by Crippen LogP contribution is 2.43. The molecule has 0 saturated carbocycles. The Kier molecular flexibility index (Phi) is 8.31. The zero-order valence-corrected chi connectivity index (χ0v) is 25.3. The van der Waals surface area contributed by atoms with Gasteiger partial charge in [-0.1, -0.05) is 54.4 Å². The summed E-state index contributed by atoms with van der Waals surface area (Å²) in [6.45, 7) is 5.87. The number of halogens is 2. The van der Waals surface area contributed by atoms with Gasteiger partial charge in [-0.25, -0.2) is 0 Å². The second kappa shape index (κ2) is 12.3. The third-order valence-electron chi connectivity index (χ3n) is 8.17. The Hall–Kier alpha value is -3.68. The molecule has 0 radical (unpaired) electrons. The van der Waals surface area contributed by atoms with Crippen LogP contribution in [0.3, 0.4) is 0 Å². The number of hydrogen-bond acceptors (Lipinski definition) is 5. The topological polar surface area (TPSA) is 81.4 Å². The number of carbonyl (C=O) groups is 1. The van der Waals surface area contributed by atoms with Gasteiger partial charge in [0, 0.05) is 46.1 Å². The number of carbonyl (C=O) groups excluding carboxylic acids is 1. The zero-order valence-electron chi connectivity index (χ0n) is 23.8. The normalized spacial score (nSPS) is 16.1. The van der Waals surface area contributed by atoms with E-state index in [9.17, 15) is 4.79 Å². The van der Waals surface area contributed by atoms with Crippen LogP contribution in [0.15, 0.2) is 59.6 Å². The molecule has 1 amide bonds. The van der Waals surface area contributed by atoms with Gasteiger partial charge < -0.3 is 10.1 Å². The maximum absolute atomic E-state index is 11.3. The lowest BCUT2D eigenvalue weighted by molar-refractivity contribution is -0.120.